The molecule has 3 atom stereocenters. The average Bonchev–Trinajstić information content (AvgIpc) is 3.15. The molecule has 4 rings (SSSR count). The van der Waals surface area contributed by atoms with Crippen LogP contribution in [-0.4, -0.2) is 41.9 Å². The fourth-order valence-electron chi connectivity index (χ4n) is 3.59. The molecular formula is C19H23NO3S. The highest BCUT2D eigenvalue weighted by molar-refractivity contribution is 7.07. The van der Waals surface area contributed by atoms with Crippen LogP contribution < -0.4 is 9.47 Å². The lowest BCUT2D eigenvalue weighted by Crippen LogP contribution is -2.41. The number of hydrogen-bond donors (Lipinski definition) is 1. The van der Waals surface area contributed by atoms with Crippen LogP contribution in [0.15, 0.2) is 41.1 Å². The number of para-hydroxylation sites is 2. The second-order valence-electron chi connectivity index (χ2n) is 6.57. The van der Waals surface area contributed by atoms with Gasteiger partial charge in [0.15, 0.2) is 11.5 Å². The van der Waals surface area contributed by atoms with E-state index in [0.717, 1.165) is 43.9 Å². The molecule has 3 heterocycles. The van der Waals surface area contributed by atoms with Crippen molar-refractivity contribution in [3.8, 4) is 11.5 Å². The molecule has 24 heavy (non-hydrogen) atoms. The number of rotatable bonds is 4. The van der Waals surface area contributed by atoms with Crippen LogP contribution in [0.5, 0.6) is 11.5 Å². The Labute approximate surface area is 146 Å². The molecule has 0 bridgehead atoms. The standard InChI is InChI=1S/C19H23NO3S/c21-15-5-8-20(17(11-15)14-7-10-24-13-14)9-6-16-12-22-18-3-1-2-4-19(18)23-16/h1-4,7,10,13,15-17,21H,5-6,8-9,11-12H2. The van der Waals surface area contributed by atoms with E-state index in [2.05, 4.69) is 21.7 Å². The molecule has 1 saturated heterocycles. The number of fused-ring (bicyclic) bond motifs is 1. The Morgan fingerprint density at radius 1 is 1.21 bits per heavy atom. The maximum Gasteiger partial charge on any atom is 0.161 e. The second kappa shape index (κ2) is 7.13. The van der Waals surface area contributed by atoms with Gasteiger partial charge < -0.3 is 14.6 Å². The van der Waals surface area contributed by atoms with Crippen molar-refractivity contribution in [2.45, 2.75) is 37.5 Å². The minimum Gasteiger partial charge on any atom is -0.486 e. The number of ether oxygens (including phenoxy) is 2. The van der Waals surface area contributed by atoms with Gasteiger partial charge in [-0.05, 0) is 47.4 Å². The molecule has 1 aromatic heterocycles. The zero-order valence-electron chi connectivity index (χ0n) is 13.6. The number of piperidine rings is 1. The average molecular weight is 345 g/mol. The maximum atomic E-state index is 10.1. The fraction of sp³-hybridized carbons (Fsp3) is 0.474. The summed E-state index contributed by atoms with van der Waals surface area (Å²) < 4.78 is 11.9. The van der Waals surface area contributed by atoms with E-state index in [9.17, 15) is 5.11 Å². The van der Waals surface area contributed by atoms with Gasteiger partial charge in [-0.15, -0.1) is 0 Å². The van der Waals surface area contributed by atoms with Crippen LogP contribution in [0.2, 0.25) is 0 Å². The third-order valence-electron chi connectivity index (χ3n) is 4.92. The minimum absolute atomic E-state index is 0.0925. The van der Waals surface area contributed by atoms with Gasteiger partial charge in [0.25, 0.3) is 0 Å². The van der Waals surface area contributed by atoms with E-state index in [1.54, 1.807) is 11.3 Å². The summed E-state index contributed by atoms with van der Waals surface area (Å²) in [5.74, 6) is 1.68. The summed E-state index contributed by atoms with van der Waals surface area (Å²) in [6.45, 7) is 2.51. The molecule has 0 saturated carbocycles. The molecule has 128 valence electrons. The number of nitrogens with zero attached hydrogens (tertiary/aromatic N) is 1. The molecule has 4 nitrogen and oxygen atoms in total. The normalized spacial score (nSPS) is 27.1. The quantitative estimate of drug-likeness (QED) is 0.921. The van der Waals surface area contributed by atoms with Crippen molar-refractivity contribution < 1.29 is 14.6 Å². The predicted molar refractivity (Wildman–Crippen MR) is 94.8 cm³/mol. The van der Waals surface area contributed by atoms with Crippen LogP contribution >= 0.6 is 11.3 Å². The summed E-state index contributed by atoms with van der Waals surface area (Å²) in [6.07, 6.45) is 2.51. The van der Waals surface area contributed by atoms with Gasteiger partial charge in [0, 0.05) is 25.6 Å². The Morgan fingerprint density at radius 3 is 2.92 bits per heavy atom. The number of benzene rings is 1. The molecule has 0 aliphatic carbocycles. The molecule has 3 unspecified atom stereocenters. The lowest BCUT2D eigenvalue weighted by atomic mass is 9.94. The number of aliphatic hydroxyl groups excluding tert-OH is 1. The van der Waals surface area contributed by atoms with Crippen LogP contribution in [0.1, 0.15) is 30.9 Å². The third kappa shape index (κ3) is 3.43. The van der Waals surface area contributed by atoms with Crippen molar-refractivity contribution in [1.29, 1.82) is 0 Å². The van der Waals surface area contributed by atoms with Crippen molar-refractivity contribution in [2.24, 2.45) is 0 Å². The van der Waals surface area contributed by atoms with E-state index >= 15 is 0 Å². The number of hydrogen-bond acceptors (Lipinski definition) is 5. The van der Waals surface area contributed by atoms with Gasteiger partial charge in [-0.1, -0.05) is 12.1 Å². The smallest absolute Gasteiger partial charge is 0.161 e. The van der Waals surface area contributed by atoms with Crippen molar-refractivity contribution in [2.75, 3.05) is 19.7 Å². The van der Waals surface area contributed by atoms with Gasteiger partial charge in [0.2, 0.25) is 0 Å². The first-order valence-electron chi connectivity index (χ1n) is 8.62. The first-order valence-corrected chi connectivity index (χ1v) is 9.56. The Hall–Kier alpha value is -1.56. The zero-order chi connectivity index (χ0) is 16.4. The van der Waals surface area contributed by atoms with Crippen molar-refractivity contribution in [1.82, 2.24) is 4.90 Å². The summed E-state index contributed by atoms with van der Waals surface area (Å²) in [4.78, 5) is 2.48. The van der Waals surface area contributed by atoms with Gasteiger partial charge in [-0.2, -0.15) is 11.3 Å². The first kappa shape index (κ1) is 15.9. The highest BCUT2D eigenvalue weighted by atomic mass is 32.1. The predicted octanol–water partition coefficient (Wildman–Crippen LogP) is 3.48. The molecule has 2 aliphatic rings. The largest absolute Gasteiger partial charge is 0.486 e. The Kier molecular flexibility index (Phi) is 4.74. The summed E-state index contributed by atoms with van der Waals surface area (Å²) in [6, 6.07) is 10.3. The van der Waals surface area contributed by atoms with Crippen LogP contribution in [0.3, 0.4) is 0 Å². The molecule has 2 aromatic rings. The summed E-state index contributed by atoms with van der Waals surface area (Å²) >= 11 is 1.72. The fourth-order valence-corrected chi connectivity index (χ4v) is 4.30. The molecule has 5 heteroatoms. The van der Waals surface area contributed by atoms with Crippen LogP contribution in [0.4, 0.5) is 0 Å². The monoisotopic (exact) mass is 345 g/mol. The lowest BCUT2D eigenvalue weighted by molar-refractivity contribution is 0.0247. The molecule has 0 amide bonds. The van der Waals surface area contributed by atoms with E-state index in [-0.39, 0.29) is 12.2 Å². The molecule has 1 N–H and O–H groups in total. The maximum absolute atomic E-state index is 10.1. The van der Waals surface area contributed by atoms with E-state index < -0.39 is 0 Å². The first-order chi connectivity index (χ1) is 11.8. The zero-order valence-corrected chi connectivity index (χ0v) is 14.5. The van der Waals surface area contributed by atoms with E-state index in [4.69, 9.17) is 9.47 Å². The van der Waals surface area contributed by atoms with Gasteiger partial charge in [-0.3, -0.25) is 4.90 Å². The van der Waals surface area contributed by atoms with Crippen LogP contribution in [0.25, 0.3) is 0 Å². The summed E-state index contributed by atoms with van der Waals surface area (Å²) in [5, 5.41) is 14.4. The van der Waals surface area contributed by atoms with Crippen LogP contribution in [-0.2, 0) is 0 Å². The molecular weight excluding hydrogens is 322 g/mol. The molecule has 0 radical (unpaired) electrons. The van der Waals surface area contributed by atoms with Crippen LogP contribution in [0, 0.1) is 0 Å². The van der Waals surface area contributed by atoms with E-state index in [0.29, 0.717) is 12.6 Å². The van der Waals surface area contributed by atoms with Crippen molar-refractivity contribution in [3.63, 3.8) is 0 Å². The van der Waals surface area contributed by atoms with Gasteiger partial charge in [0.05, 0.1) is 6.10 Å². The molecule has 1 aromatic carbocycles. The number of thiophene rings is 1. The number of aliphatic hydroxyl groups is 1. The van der Waals surface area contributed by atoms with Crippen molar-refractivity contribution >= 4 is 11.3 Å². The third-order valence-corrected chi connectivity index (χ3v) is 5.62. The van der Waals surface area contributed by atoms with Crippen molar-refractivity contribution in [3.05, 3.63) is 46.7 Å². The minimum atomic E-state index is -0.188. The Balaban J connectivity index is 1.38. The van der Waals surface area contributed by atoms with Gasteiger partial charge >= 0.3 is 0 Å². The summed E-state index contributed by atoms with van der Waals surface area (Å²) in [5.41, 5.74) is 1.32. The highest BCUT2D eigenvalue weighted by Crippen LogP contribution is 2.34. The highest BCUT2D eigenvalue weighted by Gasteiger charge is 2.30. The molecule has 1 fully saturated rings. The van der Waals surface area contributed by atoms with E-state index in [1.807, 2.05) is 24.3 Å². The summed E-state index contributed by atoms with van der Waals surface area (Å²) in [7, 11) is 0. The van der Waals surface area contributed by atoms with Gasteiger partial charge in [-0.25, -0.2) is 0 Å². The molecule has 2 aliphatic heterocycles. The number of likely N-dealkylation sites (tertiary alicyclic amines) is 1. The Bertz CT molecular complexity index is 660. The lowest BCUT2D eigenvalue weighted by Gasteiger charge is -2.38. The Morgan fingerprint density at radius 2 is 2.08 bits per heavy atom. The second-order valence-corrected chi connectivity index (χ2v) is 7.35. The molecule has 0 spiro atoms. The van der Waals surface area contributed by atoms with E-state index in [1.165, 1.54) is 5.56 Å². The SMILES string of the molecule is OC1CCN(CCC2COc3ccccc3O2)C(c2ccsc2)C1. The topological polar surface area (TPSA) is 41.9 Å². The van der Waals surface area contributed by atoms with Gasteiger partial charge in [0.1, 0.15) is 12.7 Å².